The Morgan fingerprint density at radius 2 is 2.17 bits per heavy atom. The molecule has 0 aliphatic rings. The van der Waals surface area contributed by atoms with E-state index in [1.165, 1.54) is 7.11 Å². The van der Waals surface area contributed by atoms with Crippen LogP contribution in [0.25, 0.3) is 0 Å². The van der Waals surface area contributed by atoms with Crippen molar-refractivity contribution in [3.05, 3.63) is 0 Å². The average molecular weight is 331 g/mol. The number of carbonyl (C=O) groups is 1. The molecule has 12 heavy (non-hydrogen) atoms. The van der Waals surface area contributed by atoms with Gasteiger partial charge < -0.3 is 4.74 Å². The van der Waals surface area contributed by atoms with Gasteiger partial charge in [0.25, 0.3) is 0 Å². The molecule has 0 heterocycles. The summed E-state index contributed by atoms with van der Waals surface area (Å²) in [5, 5.41) is 0. The Morgan fingerprint density at radius 3 is 2.67 bits per heavy atom. The molecule has 0 spiro atoms. The van der Waals surface area contributed by atoms with Gasteiger partial charge in [0, 0.05) is 12.3 Å². The first-order chi connectivity index (χ1) is 5.31. The van der Waals surface area contributed by atoms with Crippen molar-refractivity contribution >= 4 is 28.6 Å². The third kappa shape index (κ3) is 10.4. The van der Waals surface area contributed by atoms with Crippen molar-refractivity contribution in [2.24, 2.45) is 0 Å². The molecule has 0 N–H and O–H groups in total. The summed E-state index contributed by atoms with van der Waals surface area (Å²) in [6, 6.07) is 0. The zero-order valence-corrected chi connectivity index (χ0v) is 12.4. The van der Waals surface area contributed by atoms with Crippen LogP contribution in [0.3, 0.4) is 0 Å². The third-order valence-corrected chi connectivity index (χ3v) is 1.82. The average Bonchev–Trinajstić information content (AvgIpc) is 2.04. The summed E-state index contributed by atoms with van der Waals surface area (Å²) in [5.41, 5.74) is 0. The van der Waals surface area contributed by atoms with E-state index in [1.54, 1.807) is 0 Å². The van der Waals surface area contributed by atoms with E-state index in [0.29, 0.717) is 0 Å². The van der Waals surface area contributed by atoms with E-state index in [1.807, 2.05) is 0 Å². The molecule has 0 aromatic rings. The molecule has 0 radical (unpaired) electrons. The maximum absolute atomic E-state index is 10.4. The fourth-order valence-corrected chi connectivity index (χ4v) is 1.03. The molecule has 0 aliphatic heterocycles. The number of hydrogen-bond acceptors (Lipinski definition) is 2. The van der Waals surface area contributed by atoms with Crippen LogP contribution in [0.5, 0.6) is 0 Å². The molecule has 0 bridgehead atoms. The fourth-order valence-electron chi connectivity index (χ4n) is 0.494. The Bertz CT molecular complexity index is 172. The topological polar surface area (TPSA) is 26.3 Å². The Morgan fingerprint density at radius 1 is 1.50 bits per heavy atom. The van der Waals surface area contributed by atoms with Gasteiger partial charge >= 0.3 is 25.4 Å². The number of unbranched alkanes of at least 4 members (excludes halogenated alkanes) is 2. The van der Waals surface area contributed by atoms with Gasteiger partial charge in [-0.3, -0.25) is 0 Å². The molecule has 0 aromatic heterocycles. The SMILES string of the molecule is COC(=O)C#CCCCCI.[Zn+2]. The number of rotatable bonds is 3. The molecule has 0 fully saturated rings. The molecule has 0 rings (SSSR count). The van der Waals surface area contributed by atoms with Crippen molar-refractivity contribution in [3.8, 4) is 11.8 Å². The minimum absolute atomic E-state index is 0. The second-order valence-corrected chi connectivity index (χ2v) is 3.02. The molecule has 0 unspecified atom stereocenters. The van der Waals surface area contributed by atoms with Gasteiger partial charge in [-0.25, -0.2) is 4.79 Å². The first-order valence-corrected chi connectivity index (χ1v) is 4.96. The second-order valence-electron chi connectivity index (χ2n) is 1.94. The Kier molecular flexibility index (Phi) is 14.1. The van der Waals surface area contributed by atoms with Crippen molar-refractivity contribution in [2.45, 2.75) is 19.3 Å². The quantitative estimate of drug-likeness (QED) is 0.150. The maximum Gasteiger partial charge on any atom is 2.00 e. The van der Waals surface area contributed by atoms with Crippen LogP contribution in [0, 0.1) is 11.8 Å². The Labute approximate surface area is 99.7 Å². The van der Waals surface area contributed by atoms with Crippen molar-refractivity contribution in [2.75, 3.05) is 11.5 Å². The number of carbonyl (C=O) groups excluding carboxylic acids is 1. The minimum Gasteiger partial charge on any atom is -0.459 e. The molecule has 0 saturated carbocycles. The van der Waals surface area contributed by atoms with Gasteiger partial charge in [-0.2, -0.15) is 0 Å². The van der Waals surface area contributed by atoms with Crippen LogP contribution in [0.2, 0.25) is 0 Å². The number of methoxy groups -OCH3 is 1. The van der Waals surface area contributed by atoms with E-state index < -0.39 is 5.97 Å². The zero-order valence-electron chi connectivity index (χ0n) is 7.23. The molecular formula is C8H11IO2Zn+2. The predicted molar refractivity (Wildman–Crippen MR) is 52.5 cm³/mol. The van der Waals surface area contributed by atoms with Gasteiger partial charge in [-0.1, -0.05) is 28.5 Å². The fraction of sp³-hybridized carbons (Fsp3) is 0.625. The normalized spacial score (nSPS) is 7.50. The Hall–Kier alpha value is 0.383. The van der Waals surface area contributed by atoms with E-state index in [0.717, 1.165) is 23.7 Å². The molecular weight excluding hydrogens is 320 g/mol. The molecule has 2 nitrogen and oxygen atoms in total. The summed E-state index contributed by atoms with van der Waals surface area (Å²) in [7, 11) is 1.34. The summed E-state index contributed by atoms with van der Waals surface area (Å²) in [6.45, 7) is 0. The van der Waals surface area contributed by atoms with Crippen molar-refractivity contribution in [1.82, 2.24) is 0 Å². The molecule has 62 valence electrons. The van der Waals surface area contributed by atoms with Crippen LogP contribution < -0.4 is 0 Å². The summed E-state index contributed by atoms with van der Waals surface area (Å²) >= 11 is 2.32. The zero-order chi connectivity index (χ0) is 8.53. The van der Waals surface area contributed by atoms with E-state index in [4.69, 9.17) is 0 Å². The van der Waals surface area contributed by atoms with Crippen LogP contribution in [-0.2, 0) is 29.0 Å². The van der Waals surface area contributed by atoms with Crippen molar-refractivity contribution in [1.29, 1.82) is 0 Å². The number of esters is 1. The third-order valence-electron chi connectivity index (χ3n) is 1.06. The summed E-state index contributed by atoms with van der Waals surface area (Å²) in [4.78, 5) is 10.4. The summed E-state index contributed by atoms with van der Waals surface area (Å²) < 4.78 is 5.49. The Balaban J connectivity index is 0. The molecule has 4 heteroatoms. The van der Waals surface area contributed by atoms with Gasteiger partial charge in [0.2, 0.25) is 0 Å². The molecule has 0 aromatic carbocycles. The van der Waals surface area contributed by atoms with Crippen molar-refractivity contribution < 1.29 is 29.0 Å². The van der Waals surface area contributed by atoms with Gasteiger partial charge in [-0.05, 0) is 17.3 Å². The van der Waals surface area contributed by atoms with E-state index >= 15 is 0 Å². The number of ether oxygens (including phenoxy) is 1. The predicted octanol–water partition coefficient (Wildman–Crippen LogP) is 1.77. The first-order valence-electron chi connectivity index (χ1n) is 3.44. The first kappa shape index (κ1) is 14.9. The molecule has 0 atom stereocenters. The number of hydrogen-bond donors (Lipinski definition) is 0. The van der Waals surface area contributed by atoms with E-state index in [9.17, 15) is 4.79 Å². The van der Waals surface area contributed by atoms with Crippen LogP contribution in [0.1, 0.15) is 19.3 Å². The maximum atomic E-state index is 10.4. The number of halogens is 1. The number of alkyl halides is 1. The smallest absolute Gasteiger partial charge is 0.459 e. The van der Waals surface area contributed by atoms with Crippen LogP contribution in [-0.4, -0.2) is 17.5 Å². The van der Waals surface area contributed by atoms with E-state index in [2.05, 4.69) is 39.2 Å². The standard InChI is InChI=1S/C8H11IO2.Zn/c1-11-8(10)6-4-2-3-5-7-9;/h2-3,5,7H2,1H3;/q;+2. The van der Waals surface area contributed by atoms with Crippen molar-refractivity contribution in [3.63, 3.8) is 0 Å². The minimum atomic E-state index is -0.445. The van der Waals surface area contributed by atoms with Gasteiger partial charge in [0.05, 0.1) is 7.11 Å². The molecule has 0 amide bonds. The summed E-state index contributed by atoms with van der Waals surface area (Å²) in [5.74, 6) is 4.68. The van der Waals surface area contributed by atoms with Crippen LogP contribution >= 0.6 is 22.6 Å². The second kappa shape index (κ2) is 11.4. The van der Waals surface area contributed by atoms with E-state index in [-0.39, 0.29) is 19.5 Å². The van der Waals surface area contributed by atoms with Crippen LogP contribution in [0.4, 0.5) is 0 Å². The summed E-state index contributed by atoms with van der Waals surface area (Å²) in [6.07, 6.45) is 3.02. The monoisotopic (exact) mass is 330 g/mol. The van der Waals surface area contributed by atoms with Gasteiger partial charge in [0.1, 0.15) is 0 Å². The van der Waals surface area contributed by atoms with Crippen LogP contribution in [0.15, 0.2) is 0 Å². The largest absolute Gasteiger partial charge is 2.00 e. The molecule has 0 saturated heterocycles. The van der Waals surface area contributed by atoms with Gasteiger partial charge in [0.15, 0.2) is 0 Å². The molecule has 0 aliphatic carbocycles. The van der Waals surface area contributed by atoms with Gasteiger partial charge in [-0.15, -0.1) is 0 Å².